The maximum Gasteiger partial charge on any atom is 0.256 e. The molecular weight excluding hydrogens is 472 g/mol. The summed E-state index contributed by atoms with van der Waals surface area (Å²) in [4.78, 5) is 35.0. The predicted molar refractivity (Wildman–Crippen MR) is 144 cm³/mol. The molecule has 2 heterocycles. The minimum absolute atomic E-state index is 0.179. The van der Waals surface area contributed by atoms with Gasteiger partial charge < -0.3 is 15.1 Å². The number of aryl methyl sites for hydroxylation is 2. The zero-order valence-corrected chi connectivity index (χ0v) is 20.8. The van der Waals surface area contributed by atoms with Crippen molar-refractivity contribution >= 4 is 57.0 Å². The van der Waals surface area contributed by atoms with Crippen molar-refractivity contribution in [1.29, 1.82) is 0 Å². The van der Waals surface area contributed by atoms with E-state index in [2.05, 4.69) is 20.6 Å². The van der Waals surface area contributed by atoms with Crippen LogP contribution in [0.1, 0.15) is 28.6 Å². The third-order valence-electron chi connectivity index (χ3n) is 5.97. The Bertz CT molecular complexity index is 1590. The number of carbonyl (C=O) groups is 2. The lowest BCUT2D eigenvalue weighted by molar-refractivity contribution is -0.115. The van der Waals surface area contributed by atoms with Crippen LogP contribution in [-0.2, 0) is 4.79 Å². The molecule has 0 saturated heterocycles. The van der Waals surface area contributed by atoms with Crippen LogP contribution in [0.4, 0.5) is 11.5 Å². The second kappa shape index (κ2) is 9.83. The lowest BCUT2D eigenvalue weighted by Crippen LogP contribution is -2.23. The molecule has 0 bridgehead atoms. The molecule has 5 aromatic rings. The Labute approximate surface area is 212 Å². The number of furan rings is 1. The van der Waals surface area contributed by atoms with Gasteiger partial charge in [0.05, 0.1) is 10.6 Å². The molecule has 2 N–H and O–H groups in total. The van der Waals surface area contributed by atoms with Gasteiger partial charge in [-0.05, 0) is 44.4 Å². The second-order valence-corrected chi connectivity index (χ2v) is 9.72. The van der Waals surface area contributed by atoms with Crippen molar-refractivity contribution in [3.8, 4) is 0 Å². The number of hydrogen-bond acceptors (Lipinski definition) is 6. The topological polar surface area (TPSA) is 97.1 Å². The van der Waals surface area contributed by atoms with Crippen molar-refractivity contribution in [1.82, 2.24) is 9.97 Å². The average molecular weight is 497 g/mol. The summed E-state index contributed by atoms with van der Waals surface area (Å²) in [6, 6.07) is 22.6. The van der Waals surface area contributed by atoms with Crippen molar-refractivity contribution in [2.24, 2.45) is 0 Å². The zero-order chi connectivity index (χ0) is 25.2. The number of thioether (sulfide) groups is 1. The highest BCUT2D eigenvalue weighted by Crippen LogP contribution is 2.33. The molecule has 2 aromatic heterocycles. The summed E-state index contributed by atoms with van der Waals surface area (Å²) < 4.78 is 5.84. The van der Waals surface area contributed by atoms with Gasteiger partial charge in [-0.15, -0.1) is 0 Å². The monoisotopic (exact) mass is 496 g/mol. The number of nitrogens with one attached hydrogen (secondary N) is 2. The Balaban J connectivity index is 1.41. The van der Waals surface area contributed by atoms with Crippen molar-refractivity contribution in [3.05, 3.63) is 89.7 Å². The fraction of sp³-hybridized carbons (Fsp3) is 0.143. The van der Waals surface area contributed by atoms with Crippen LogP contribution in [-0.4, -0.2) is 27.0 Å². The van der Waals surface area contributed by atoms with Crippen molar-refractivity contribution in [3.63, 3.8) is 0 Å². The number of carbonyl (C=O) groups excluding carboxylic acids is 2. The maximum atomic E-state index is 13.0. The summed E-state index contributed by atoms with van der Waals surface area (Å²) in [6.07, 6.45) is 0. The van der Waals surface area contributed by atoms with Crippen molar-refractivity contribution in [2.45, 2.75) is 31.2 Å². The molecule has 2 amide bonds. The van der Waals surface area contributed by atoms with E-state index in [4.69, 9.17) is 4.42 Å². The van der Waals surface area contributed by atoms with Crippen LogP contribution in [0.5, 0.6) is 0 Å². The average Bonchev–Trinajstić information content (AvgIpc) is 3.17. The largest absolute Gasteiger partial charge is 0.443 e. The van der Waals surface area contributed by atoms with Gasteiger partial charge in [0.1, 0.15) is 11.6 Å². The van der Waals surface area contributed by atoms with Crippen LogP contribution in [0.15, 0.2) is 82.4 Å². The van der Waals surface area contributed by atoms with E-state index in [0.717, 1.165) is 22.0 Å². The maximum absolute atomic E-state index is 13.0. The SMILES string of the molecule is Cc1oc2nc(SC(C)C(=O)Nc3cccc4ccccc34)nc(NC(=O)c3ccccc3)c2c1C. The quantitative estimate of drug-likeness (QED) is 0.210. The molecule has 8 heteroatoms. The first-order valence-electron chi connectivity index (χ1n) is 11.5. The number of nitrogens with zero attached hydrogens (tertiary/aromatic N) is 2. The molecule has 0 spiro atoms. The van der Waals surface area contributed by atoms with Gasteiger partial charge in [0, 0.05) is 22.2 Å². The Hall–Kier alpha value is -4.17. The van der Waals surface area contributed by atoms with Crippen molar-refractivity contribution in [2.75, 3.05) is 10.6 Å². The molecule has 0 fully saturated rings. The minimum Gasteiger partial charge on any atom is -0.443 e. The van der Waals surface area contributed by atoms with E-state index < -0.39 is 5.25 Å². The number of hydrogen-bond donors (Lipinski definition) is 2. The van der Waals surface area contributed by atoms with Crippen LogP contribution in [0.3, 0.4) is 0 Å². The van der Waals surface area contributed by atoms with E-state index in [0.29, 0.717) is 33.4 Å². The molecule has 0 aliphatic heterocycles. The lowest BCUT2D eigenvalue weighted by atomic mass is 10.1. The summed E-state index contributed by atoms with van der Waals surface area (Å²) in [6.45, 7) is 5.53. The van der Waals surface area contributed by atoms with Gasteiger partial charge in [0.2, 0.25) is 11.6 Å². The van der Waals surface area contributed by atoms with E-state index in [1.807, 2.05) is 62.4 Å². The molecule has 1 atom stereocenters. The molecule has 5 rings (SSSR count). The van der Waals surface area contributed by atoms with Gasteiger partial charge >= 0.3 is 0 Å². The summed E-state index contributed by atoms with van der Waals surface area (Å²) in [7, 11) is 0. The van der Waals surface area contributed by atoms with E-state index >= 15 is 0 Å². The van der Waals surface area contributed by atoms with Gasteiger partial charge in [-0.3, -0.25) is 9.59 Å². The molecule has 3 aromatic carbocycles. The van der Waals surface area contributed by atoms with Gasteiger partial charge in [0.15, 0.2) is 5.16 Å². The predicted octanol–water partition coefficient (Wildman–Crippen LogP) is 6.36. The van der Waals surface area contributed by atoms with Crippen LogP contribution < -0.4 is 10.6 Å². The number of aromatic nitrogens is 2. The smallest absolute Gasteiger partial charge is 0.256 e. The number of fused-ring (bicyclic) bond motifs is 2. The van der Waals surface area contributed by atoms with Gasteiger partial charge in [-0.2, -0.15) is 4.98 Å². The lowest BCUT2D eigenvalue weighted by Gasteiger charge is -2.14. The summed E-state index contributed by atoms with van der Waals surface area (Å²) >= 11 is 1.20. The minimum atomic E-state index is -0.503. The fourth-order valence-corrected chi connectivity index (χ4v) is 4.68. The number of amides is 2. The van der Waals surface area contributed by atoms with E-state index in [1.165, 1.54) is 11.8 Å². The van der Waals surface area contributed by atoms with Crippen LogP contribution in [0.2, 0.25) is 0 Å². The normalized spacial score (nSPS) is 12.0. The third kappa shape index (κ3) is 4.67. The number of anilines is 2. The van der Waals surface area contributed by atoms with E-state index in [-0.39, 0.29) is 11.8 Å². The summed E-state index contributed by atoms with van der Waals surface area (Å²) in [5.74, 6) is 0.582. The molecule has 7 nitrogen and oxygen atoms in total. The number of benzene rings is 3. The first-order chi connectivity index (χ1) is 17.4. The standard InChI is InChI=1S/C28H24N4O3S/c1-16-17(2)35-27-23(16)24(30-26(34)20-11-5-4-6-12-20)31-28(32-27)36-18(3)25(33)29-22-15-9-13-19-10-7-8-14-21(19)22/h4-15,18H,1-3H3,(H,29,33)(H,30,31,32,34). The van der Waals surface area contributed by atoms with Gasteiger partial charge in [-0.1, -0.05) is 66.4 Å². The Morgan fingerprint density at radius 3 is 2.42 bits per heavy atom. The van der Waals surface area contributed by atoms with Crippen LogP contribution >= 0.6 is 11.8 Å². The molecule has 36 heavy (non-hydrogen) atoms. The molecule has 0 radical (unpaired) electrons. The molecule has 0 saturated carbocycles. The third-order valence-corrected chi connectivity index (χ3v) is 6.94. The highest BCUT2D eigenvalue weighted by atomic mass is 32.2. The number of rotatable bonds is 6. The Kier molecular flexibility index (Phi) is 6.43. The summed E-state index contributed by atoms with van der Waals surface area (Å²) in [5.41, 5.74) is 2.48. The summed E-state index contributed by atoms with van der Waals surface area (Å²) in [5, 5.41) is 8.40. The molecule has 180 valence electrons. The van der Waals surface area contributed by atoms with Gasteiger partial charge in [0.25, 0.3) is 5.91 Å². The van der Waals surface area contributed by atoms with Crippen LogP contribution in [0, 0.1) is 13.8 Å². The Morgan fingerprint density at radius 2 is 1.61 bits per heavy atom. The fourth-order valence-electron chi connectivity index (χ4n) is 3.92. The van der Waals surface area contributed by atoms with E-state index in [9.17, 15) is 9.59 Å². The molecule has 0 aliphatic rings. The zero-order valence-electron chi connectivity index (χ0n) is 20.0. The Morgan fingerprint density at radius 1 is 0.889 bits per heavy atom. The molecule has 0 aliphatic carbocycles. The molecular formula is C28H24N4O3S. The van der Waals surface area contributed by atoms with Gasteiger partial charge in [-0.25, -0.2) is 4.98 Å². The first kappa shape index (κ1) is 23.6. The highest BCUT2D eigenvalue weighted by molar-refractivity contribution is 8.00. The molecule has 1 unspecified atom stereocenters. The highest BCUT2D eigenvalue weighted by Gasteiger charge is 2.22. The van der Waals surface area contributed by atoms with Crippen molar-refractivity contribution < 1.29 is 14.0 Å². The van der Waals surface area contributed by atoms with Crippen LogP contribution in [0.25, 0.3) is 21.9 Å². The second-order valence-electron chi connectivity index (χ2n) is 8.41. The first-order valence-corrected chi connectivity index (χ1v) is 12.4. The van der Waals surface area contributed by atoms with E-state index in [1.54, 1.807) is 31.2 Å².